The molecule has 0 atom stereocenters. The van der Waals surface area contributed by atoms with Crippen molar-refractivity contribution in [2.24, 2.45) is 5.14 Å². The van der Waals surface area contributed by atoms with E-state index in [2.05, 4.69) is 57.6 Å². The molecule has 2 heterocycles. The van der Waals surface area contributed by atoms with Gasteiger partial charge in [0.1, 0.15) is 0 Å². The molecular weight excluding hydrogens is 606 g/mol. The Balaban J connectivity index is 0.000000810. The number of hydrogen-bond acceptors (Lipinski definition) is 11. The summed E-state index contributed by atoms with van der Waals surface area (Å²) in [5, 5.41) is 11.8. The predicted octanol–water partition coefficient (Wildman–Crippen LogP) is -1.70. The van der Waals surface area contributed by atoms with E-state index in [9.17, 15) is 16.8 Å². The fourth-order valence-corrected chi connectivity index (χ4v) is 6.24. The number of nitrogens with one attached hydrogen (secondary N) is 1. The van der Waals surface area contributed by atoms with E-state index in [-0.39, 0.29) is 10.0 Å². The van der Waals surface area contributed by atoms with Crippen molar-refractivity contribution in [3.8, 4) is 16.8 Å². The second kappa shape index (κ2) is 12.6. The van der Waals surface area contributed by atoms with Crippen LogP contribution in [0.5, 0.6) is 0 Å². The molecule has 40 heavy (non-hydrogen) atoms. The molecule has 0 unspecified atom stereocenters. The van der Waals surface area contributed by atoms with Gasteiger partial charge in [-0.2, -0.15) is 4.57 Å². The average molecular weight is 630 g/mol. The Hall–Kier alpha value is -3.06. The Morgan fingerprint density at radius 1 is 0.850 bits per heavy atom. The number of sulfonamides is 2. The van der Waals surface area contributed by atoms with Crippen LogP contribution in [-0.2, 0) is 32.9 Å². The lowest BCUT2D eigenvalue weighted by Gasteiger charge is -2.17. The van der Waals surface area contributed by atoms with Crippen LogP contribution >= 0.6 is 11.3 Å². The molecule has 2 aromatic carbocycles. The fourth-order valence-electron chi connectivity index (χ4n) is 3.68. The van der Waals surface area contributed by atoms with Gasteiger partial charge in [-0.05, 0) is 23.3 Å². The van der Waals surface area contributed by atoms with E-state index in [4.69, 9.17) is 23.8 Å². The quantitative estimate of drug-likeness (QED) is 0.210. The Morgan fingerprint density at radius 3 is 1.82 bits per heavy atom. The van der Waals surface area contributed by atoms with E-state index in [1.807, 2.05) is 18.2 Å². The van der Waals surface area contributed by atoms with Gasteiger partial charge in [0.05, 0.1) is 4.90 Å². The number of nitrogens with zero attached hydrogens (tertiary/aromatic N) is 3. The van der Waals surface area contributed by atoms with Crippen LogP contribution in [0.25, 0.3) is 16.8 Å². The van der Waals surface area contributed by atoms with Crippen molar-refractivity contribution in [2.45, 2.75) is 35.9 Å². The zero-order valence-electron chi connectivity index (χ0n) is 21.1. The highest BCUT2D eigenvalue weighted by Crippen LogP contribution is 2.24. The van der Waals surface area contributed by atoms with E-state index in [1.54, 1.807) is 12.1 Å². The van der Waals surface area contributed by atoms with E-state index in [0.717, 1.165) is 41.0 Å². The number of aryl methyl sites for hydroxylation is 2. The number of nitrogens with two attached hydrogens (primary N) is 1. The molecule has 0 radical (unpaired) electrons. The van der Waals surface area contributed by atoms with Crippen LogP contribution in [0.2, 0.25) is 0 Å². The maximum atomic E-state index is 12.8. The maximum Gasteiger partial charge on any atom is 0.267 e. The molecule has 0 aliphatic heterocycles. The maximum absolute atomic E-state index is 12.8. The summed E-state index contributed by atoms with van der Waals surface area (Å²) in [7, 11) is -13.0. The van der Waals surface area contributed by atoms with Gasteiger partial charge in [0.2, 0.25) is 15.2 Å². The van der Waals surface area contributed by atoms with Gasteiger partial charge in [0, 0.05) is 37.1 Å². The number of primary sulfonamides is 1. The highest BCUT2D eigenvalue weighted by Gasteiger charge is 2.23. The summed E-state index contributed by atoms with van der Waals surface area (Å²) in [5.41, 5.74) is 5.31. The number of halogens is 1. The monoisotopic (exact) mass is 629 g/mol. The number of benzene rings is 2. The molecular formula is C23H24ClN5O8S3. The van der Waals surface area contributed by atoms with Gasteiger partial charge in [0.25, 0.3) is 20.0 Å². The van der Waals surface area contributed by atoms with Crippen molar-refractivity contribution in [1.29, 1.82) is 0 Å². The average Bonchev–Trinajstić information content (AvgIpc) is 3.36. The van der Waals surface area contributed by atoms with Gasteiger partial charge in [-0.3, -0.25) is 4.72 Å². The number of rotatable bonds is 8. The summed E-state index contributed by atoms with van der Waals surface area (Å²) in [5.74, 6) is 0. The lowest BCUT2D eigenvalue weighted by Crippen LogP contribution is -2.68. The number of anilines is 1. The molecule has 214 valence electrons. The third-order valence-electron chi connectivity index (χ3n) is 5.33. The SMILES string of the molecule is CCc1cc(-c2ccccc2)cc(CC)[n+]1-c1ccc(S(=O)(=O)Nc2nnc(S(N)(=O)=O)s2)cc1.[O-][Cl+3]([O-])([O-])[O-]. The standard InChI is InChI=1S/C23H24N5O4S3.ClHO4/c1-3-18-14-17(16-8-6-5-7-9-16)15-19(4-2)28(18)20-10-12-21(13-11-20)35(31,32)27-22-25-26-23(33-22)34(24,29)30;2-1(3,4)5/h5-15H,3-4H2,1-2H3,(H,25,27)(H2,24,29,30);(H,2,3,4,5)/q+1;/p-1. The van der Waals surface area contributed by atoms with Crippen molar-refractivity contribution in [2.75, 3.05) is 4.72 Å². The Kier molecular flexibility index (Phi) is 9.94. The molecule has 0 aliphatic carbocycles. The first-order valence-electron chi connectivity index (χ1n) is 11.4. The minimum atomic E-state index is -4.94. The van der Waals surface area contributed by atoms with E-state index in [1.165, 1.54) is 12.1 Å². The molecule has 0 amide bonds. The van der Waals surface area contributed by atoms with Crippen LogP contribution in [0.4, 0.5) is 5.13 Å². The van der Waals surface area contributed by atoms with Gasteiger partial charge in [-0.15, -0.1) is 20.4 Å². The Morgan fingerprint density at radius 2 is 1.38 bits per heavy atom. The molecule has 0 aliphatic rings. The lowest BCUT2D eigenvalue weighted by atomic mass is 10.0. The van der Waals surface area contributed by atoms with E-state index >= 15 is 0 Å². The Bertz CT molecular complexity index is 1640. The second-order valence-corrected chi connectivity index (χ2v) is 13.2. The van der Waals surface area contributed by atoms with Crippen molar-refractivity contribution in [3.63, 3.8) is 0 Å². The Labute approximate surface area is 237 Å². The molecule has 4 rings (SSSR count). The molecule has 0 fully saturated rings. The van der Waals surface area contributed by atoms with Crippen molar-refractivity contribution in [1.82, 2.24) is 10.2 Å². The van der Waals surface area contributed by atoms with Crippen molar-refractivity contribution < 1.29 is 50.3 Å². The van der Waals surface area contributed by atoms with Gasteiger partial charge >= 0.3 is 0 Å². The number of aromatic nitrogens is 3. The van der Waals surface area contributed by atoms with Crippen molar-refractivity contribution in [3.05, 3.63) is 78.1 Å². The summed E-state index contributed by atoms with van der Waals surface area (Å²) in [6.45, 7) is 4.17. The fraction of sp³-hybridized carbons (Fsp3) is 0.174. The molecule has 0 bridgehead atoms. The van der Waals surface area contributed by atoms with Crippen LogP contribution < -0.4 is 33.1 Å². The van der Waals surface area contributed by atoms with E-state index in [0.29, 0.717) is 11.3 Å². The van der Waals surface area contributed by atoms with Crippen molar-refractivity contribution >= 4 is 36.5 Å². The first-order valence-corrected chi connectivity index (χ1v) is 16.4. The van der Waals surface area contributed by atoms with Crippen LogP contribution in [0.1, 0.15) is 25.2 Å². The molecule has 13 nitrogen and oxygen atoms in total. The summed E-state index contributed by atoms with van der Waals surface area (Å²) >= 11 is 0.541. The first kappa shape index (κ1) is 31.5. The first-order chi connectivity index (χ1) is 18.6. The van der Waals surface area contributed by atoms with Crippen LogP contribution in [0.3, 0.4) is 0 Å². The normalized spacial score (nSPS) is 12.0. The number of hydrogen-bond donors (Lipinski definition) is 2. The molecule has 4 aromatic rings. The van der Waals surface area contributed by atoms with Gasteiger partial charge in [-0.25, -0.2) is 40.6 Å². The van der Waals surface area contributed by atoms with Gasteiger partial charge in [0.15, 0.2) is 11.4 Å². The molecule has 0 saturated carbocycles. The summed E-state index contributed by atoms with van der Waals surface area (Å²) in [6, 6.07) is 20.9. The zero-order chi connectivity index (χ0) is 29.7. The lowest BCUT2D eigenvalue weighted by molar-refractivity contribution is -2.00. The van der Waals surface area contributed by atoms with Gasteiger partial charge < -0.3 is 0 Å². The predicted molar refractivity (Wildman–Crippen MR) is 134 cm³/mol. The summed E-state index contributed by atoms with van der Waals surface area (Å²) in [6.07, 6.45) is 1.58. The molecule has 2 aromatic heterocycles. The minimum Gasteiger partial charge on any atom is -0.253 e. The second-order valence-electron chi connectivity index (χ2n) is 8.03. The van der Waals surface area contributed by atoms with Crippen LogP contribution in [0, 0.1) is 10.2 Å². The summed E-state index contributed by atoms with van der Waals surface area (Å²) < 4.78 is 86.2. The van der Waals surface area contributed by atoms with Crippen LogP contribution in [-0.4, -0.2) is 27.0 Å². The molecule has 0 saturated heterocycles. The largest absolute Gasteiger partial charge is 0.267 e. The highest BCUT2D eigenvalue weighted by atomic mass is 35.7. The highest BCUT2D eigenvalue weighted by molar-refractivity contribution is 7.93. The molecule has 17 heteroatoms. The third kappa shape index (κ3) is 8.47. The molecule has 0 spiro atoms. The summed E-state index contributed by atoms with van der Waals surface area (Å²) in [4.78, 5) is 0.00575. The van der Waals surface area contributed by atoms with Crippen LogP contribution in [0.15, 0.2) is 76.0 Å². The minimum absolute atomic E-state index is 0.00575. The zero-order valence-corrected chi connectivity index (χ0v) is 24.3. The smallest absolute Gasteiger partial charge is 0.253 e. The number of pyridine rings is 1. The van der Waals surface area contributed by atoms with Gasteiger partial charge in [-0.1, -0.05) is 55.5 Å². The molecule has 3 N–H and O–H groups in total. The third-order valence-corrected chi connectivity index (χ3v) is 8.96. The van der Waals surface area contributed by atoms with E-state index < -0.39 is 34.6 Å². The topological polar surface area (TPSA) is 228 Å².